The van der Waals surface area contributed by atoms with Gasteiger partial charge < -0.3 is 9.64 Å². The Bertz CT molecular complexity index is 546. The Hall–Kier alpha value is -1.54. The molecule has 1 amide bonds. The number of carbonyl (C=O) groups is 1. The Labute approximate surface area is 130 Å². The zero-order valence-corrected chi connectivity index (χ0v) is 12.7. The van der Waals surface area contributed by atoms with Crippen LogP contribution >= 0.6 is 11.8 Å². The van der Waals surface area contributed by atoms with Crippen molar-refractivity contribution < 1.29 is 22.7 Å². The molecule has 0 bridgehead atoms. The number of ether oxygens (including phenoxy) is 1. The van der Waals surface area contributed by atoms with E-state index >= 15 is 0 Å². The van der Waals surface area contributed by atoms with Crippen LogP contribution in [-0.4, -0.2) is 47.2 Å². The van der Waals surface area contributed by atoms with E-state index in [9.17, 15) is 18.0 Å². The first-order chi connectivity index (χ1) is 10.4. The SMILES string of the molecule is CSC1COCN(C(=O)/C=C/c2ccc(C(F)(F)F)nc2)C1. The van der Waals surface area contributed by atoms with E-state index in [-0.39, 0.29) is 17.9 Å². The fourth-order valence-corrected chi connectivity index (χ4v) is 2.45. The molecule has 22 heavy (non-hydrogen) atoms. The van der Waals surface area contributed by atoms with Gasteiger partial charge in [-0.05, 0) is 24.0 Å². The topological polar surface area (TPSA) is 42.4 Å². The average molecular weight is 332 g/mol. The molecule has 1 saturated heterocycles. The lowest BCUT2D eigenvalue weighted by Crippen LogP contribution is -2.43. The van der Waals surface area contributed by atoms with Gasteiger partial charge in [-0.15, -0.1) is 0 Å². The van der Waals surface area contributed by atoms with E-state index in [2.05, 4.69) is 4.98 Å². The first-order valence-corrected chi connectivity index (χ1v) is 7.79. The summed E-state index contributed by atoms with van der Waals surface area (Å²) >= 11 is 1.63. The second-order valence-corrected chi connectivity index (χ2v) is 5.86. The van der Waals surface area contributed by atoms with E-state index in [1.165, 1.54) is 18.2 Å². The summed E-state index contributed by atoms with van der Waals surface area (Å²) in [6.07, 6.45) is 1.33. The van der Waals surface area contributed by atoms with Gasteiger partial charge in [0.15, 0.2) is 0 Å². The lowest BCUT2D eigenvalue weighted by atomic mass is 10.2. The molecule has 1 aliphatic rings. The number of hydrogen-bond donors (Lipinski definition) is 0. The molecule has 2 heterocycles. The zero-order valence-electron chi connectivity index (χ0n) is 11.8. The molecule has 0 spiro atoms. The summed E-state index contributed by atoms with van der Waals surface area (Å²) in [4.78, 5) is 16.9. The molecule has 1 atom stereocenters. The monoisotopic (exact) mass is 332 g/mol. The van der Waals surface area contributed by atoms with Gasteiger partial charge in [0.05, 0.1) is 6.61 Å². The average Bonchev–Trinajstić information content (AvgIpc) is 2.52. The van der Waals surface area contributed by atoms with Gasteiger partial charge >= 0.3 is 6.18 Å². The van der Waals surface area contributed by atoms with Gasteiger partial charge in [0.2, 0.25) is 5.91 Å². The summed E-state index contributed by atoms with van der Waals surface area (Å²) in [5, 5.41) is 0.235. The van der Waals surface area contributed by atoms with E-state index < -0.39 is 11.9 Å². The van der Waals surface area contributed by atoms with Gasteiger partial charge in [-0.1, -0.05) is 6.07 Å². The number of pyridine rings is 1. The summed E-state index contributed by atoms with van der Waals surface area (Å²) in [7, 11) is 0. The minimum atomic E-state index is -4.46. The summed E-state index contributed by atoms with van der Waals surface area (Å²) in [6, 6.07) is 2.16. The highest BCUT2D eigenvalue weighted by Gasteiger charge is 2.31. The van der Waals surface area contributed by atoms with Gasteiger partial charge in [0.1, 0.15) is 12.4 Å². The van der Waals surface area contributed by atoms with E-state index in [0.717, 1.165) is 12.3 Å². The molecule has 0 saturated carbocycles. The van der Waals surface area contributed by atoms with Crippen LogP contribution in [-0.2, 0) is 15.7 Å². The van der Waals surface area contributed by atoms with Crippen molar-refractivity contribution in [3.05, 3.63) is 35.7 Å². The van der Waals surface area contributed by atoms with E-state index in [0.29, 0.717) is 18.7 Å². The van der Waals surface area contributed by atoms with Crippen LogP contribution in [0.5, 0.6) is 0 Å². The molecule has 8 heteroatoms. The Balaban J connectivity index is 1.97. The molecular weight excluding hydrogens is 317 g/mol. The number of amides is 1. The quantitative estimate of drug-likeness (QED) is 0.798. The van der Waals surface area contributed by atoms with Crippen LogP contribution in [0.1, 0.15) is 11.3 Å². The molecule has 2 rings (SSSR count). The van der Waals surface area contributed by atoms with Gasteiger partial charge in [0, 0.05) is 24.1 Å². The van der Waals surface area contributed by atoms with Crippen molar-refractivity contribution in [2.24, 2.45) is 0 Å². The number of rotatable bonds is 3. The smallest absolute Gasteiger partial charge is 0.360 e. The highest BCUT2D eigenvalue weighted by molar-refractivity contribution is 7.99. The molecule has 120 valence electrons. The molecule has 4 nitrogen and oxygen atoms in total. The van der Waals surface area contributed by atoms with Crippen LogP contribution in [0.3, 0.4) is 0 Å². The third-order valence-corrected chi connectivity index (χ3v) is 4.07. The third kappa shape index (κ3) is 4.48. The number of nitrogens with zero attached hydrogens (tertiary/aromatic N) is 2. The molecule has 1 fully saturated rings. The minimum absolute atomic E-state index is 0.228. The first-order valence-electron chi connectivity index (χ1n) is 6.51. The van der Waals surface area contributed by atoms with Crippen LogP contribution in [0.25, 0.3) is 6.08 Å². The van der Waals surface area contributed by atoms with Crippen LogP contribution in [0.4, 0.5) is 13.2 Å². The lowest BCUT2D eigenvalue weighted by Gasteiger charge is -2.31. The third-order valence-electron chi connectivity index (χ3n) is 3.12. The van der Waals surface area contributed by atoms with Crippen LogP contribution in [0.2, 0.25) is 0 Å². The number of carbonyl (C=O) groups excluding carboxylic acids is 1. The largest absolute Gasteiger partial charge is 0.433 e. The van der Waals surface area contributed by atoms with Crippen molar-refractivity contribution in [1.29, 1.82) is 0 Å². The molecule has 0 N–H and O–H groups in total. The van der Waals surface area contributed by atoms with Crippen molar-refractivity contribution in [3.63, 3.8) is 0 Å². The predicted molar refractivity (Wildman–Crippen MR) is 78.1 cm³/mol. The second-order valence-electron chi connectivity index (χ2n) is 4.73. The van der Waals surface area contributed by atoms with E-state index in [4.69, 9.17) is 4.74 Å². The predicted octanol–water partition coefficient (Wildman–Crippen LogP) is 2.66. The Morgan fingerprint density at radius 1 is 1.50 bits per heavy atom. The lowest BCUT2D eigenvalue weighted by molar-refractivity contribution is -0.141. The molecule has 1 unspecified atom stereocenters. The fourth-order valence-electron chi connectivity index (χ4n) is 1.89. The number of halogens is 3. The van der Waals surface area contributed by atoms with Crippen LogP contribution in [0.15, 0.2) is 24.4 Å². The van der Waals surface area contributed by atoms with Gasteiger partial charge in [-0.25, -0.2) is 0 Å². The summed E-state index contributed by atoms with van der Waals surface area (Å²) in [5.74, 6) is -0.237. The molecule has 0 aliphatic carbocycles. The summed E-state index contributed by atoms with van der Waals surface area (Å²) < 4.78 is 42.5. The van der Waals surface area contributed by atoms with Crippen LogP contribution < -0.4 is 0 Å². The molecular formula is C14H15F3N2O2S. The molecule has 1 aromatic rings. The van der Waals surface area contributed by atoms with Gasteiger partial charge in [0.25, 0.3) is 0 Å². The molecule has 1 aromatic heterocycles. The highest BCUT2D eigenvalue weighted by Crippen LogP contribution is 2.27. The number of thioether (sulfide) groups is 1. The number of alkyl halides is 3. The maximum atomic E-state index is 12.4. The maximum absolute atomic E-state index is 12.4. The summed E-state index contributed by atoms with van der Waals surface area (Å²) in [6.45, 7) is 1.43. The van der Waals surface area contributed by atoms with Gasteiger partial charge in [-0.3, -0.25) is 9.78 Å². The summed E-state index contributed by atoms with van der Waals surface area (Å²) in [5.41, 5.74) is -0.524. The Kier molecular flexibility index (Phi) is 5.47. The fraction of sp³-hybridized carbons (Fsp3) is 0.429. The van der Waals surface area contributed by atoms with Crippen molar-refractivity contribution in [2.75, 3.05) is 26.1 Å². The van der Waals surface area contributed by atoms with E-state index in [1.807, 2.05) is 6.26 Å². The normalized spacial score (nSPS) is 19.6. The molecule has 0 aromatic carbocycles. The van der Waals surface area contributed by atoms with Crippen molar-refractivity contribution >= 4 is 23.7 Å². The van der Waals surface area contributed by atoms with E-state index in [1.54, 1.807) is 16.7 Å². The van der Waals surface area contributed by atoms with Crippen LogP contribution in [0, 0.1) is 0 Å². The second kappa shape index (κ2) is 7.15. The standard InChI is InChI=1S/C14H15F3N2O2S/c1-22-11-7-19(9-21-8-11)13(20)5-3-10-2-4-12(18-6-10)14(15,16)17/h2-6,11H,7-9H2,1H3/b5-3+. The number of aromatic nitrogens is 1. The Morgan fingerprint density at radius 3 is 2.86 bits per heavy atom. The van der Waals surface area contributed by atoms with Gasteiger partial charge in [-0.2, -0.15) is 24.9 Å². The van der Waals surface area contributed by atoms with Crippen molar-refractivity contribution in [3.8, 4) is 0 Å². The maximum Gasteiger partial charge on any atom is 0.433 e. The highest BCUT2D eigenvalue weighted by atomic mass is 32.2. The number of hydrogen-bond acceptors (Lipinski definition) is 4. The Morgan fingerprint density at radius 2 is 2.27 bits per heavy atom. The van der Waals surface area contributed by atoms with Crippen molar-refractivity contribution in [1.82, 2.24) is 9.88 Å². The zero-order chi connectivity index (χ0) is 16.2. The minimum Gasteiger partial charge on any atom is -0.360 e. The molecule has 0 radical (unpaired) electrons. The first kappa shape index (κ1) is 16.8. The van der Waals surface area contributed by atoms with Crippen molar-refractivity contribution in [2.45, 2.75) is 11.4 Å². The molecule has 1 aliphatic heterocycles.